The molecule has 3 amide bonds. The number of fused-ring (bicyclic) bond motifs is 1. The number of para-hydroxylation sites is 1. The monoisotopic (exact) mass is 640 g/mol. The van der Waals surface area contributed by atoms with Gasteiger partial charge in [-0.1, -0.05) is 41.7 Å². The van der Waals surface area contributed by atoms with Crippen LogP contribution in [0.1, 0.15) is 60.9 Å². The number of nitrogens with zero attached hydrogens (tertiary/aromatic N) is 2. The summed E-state index contributed by atoms with van der Waals surface area (Å²) in [6.07, 6.45) is 6.95. The van der Waals surface area contributed by atoms with Gasteiger partial charge in [0.15, 0.2) is 10.9 Å². The van der Waals surface area contributed by atoms with Crippen molar-refractivity contribution in [2.24, 2.45) is 0 Å². The molecular weight excluding hydrogens is 609 g/mol. The lowest BCUT2D eigenvalue weighted by molar-refractivity contribution is -0.274. The van der Waals surface area contributed by atoms with Crippen LogP contribution in [0.4, 0.5) is 23.1 Å². The number of carboxylic acids is 1. The number of allylic oxidation sites excluding steroid dienone is 6. The number of hydrogen-bond donors (Lipinski definition) is 3. The van der Waals surface area contributed by atoms with Crippen LogP contribution in [0.5, 0.6) is 5.75 Å². The number of urea groups is 1. The average molecular weight is 641 g/mol. The third-order valence-electron chi connectivity index (χ3n) is 7.43. The zero-order valence-electron chi connectivity index (χ0n) is 24.2. The maximum absolute atomic E-state index is 13.7. The van der Waals surface area contributed by atoms with Crippen molar-refractivity contribution in [2.75, 3.05) is 11.9 Å². The van der Waals surface area contributed by atoms with Crippen LogP contribution in [0.15, 0.2) is 77.5 Å². The molecule has 13 heteroatoms. The Kier molecular flexibility index (Phi) is 9.87. The summed E-state index contributed by atoms with van der Waals surface area (Å²) in [6.45, 7) is 0.151. The molecule has 1 aromatic heterocycles. The third kappa shape index (κ3) is 8.50. The van der Waals surface area contributed by atoms with Crippen LogP contribution in [0.25, 0.3) is 10.2 Å². The Morgan fingerprint density at radius 3 is 2.47 bits per heavy atom. The number of carbonyl (C=O) groups excluding carboxylic acids is 2. The number of thiazole rings is 1. The minimum Gasteiger partial charge on any atom is -0.481 e. The fraction of sp³-hybridized carbons (Fsp3) is 0.312. The minimum atomic E-state index is -4.89. The molecule has 45 heavy (non-hydrogen) atoms. The molecule has 2 aromatic carbocycles. The van der Waals surface area contributed by atoms with Crippen molar-refractivity contribution >= 4 is 44.6 Å². The van der Waals surface area contributed by atoms with Gasteiger partial charge in [-0.05, 0) is 85.6 Å². The predicted molar refractivity (Wildman–Crippen MR) is 164 cm³/mol. The van der Waals surface area contributed by atoms with Gasteiger partial charge in [-0.25, -0.2) is 9.78 Å². The molecule has 0 saturated carbocycles. The van der Waals surface area contributed by atoms with Gasteiger partial charge in [-0.15, -0.1) is 13.2 Å². The summed E-state index contributed by atoms with van der Waals surface area (Å²) >= 11 is 1.03. The summed E-state index contributed by atoms with van der Waals surface area (Å²) in [6, 6.07) is 10.3. The van der Waals surface area contributed by atoms with Gasteiger partial charge in [0, 0.05) is 17.8 Å². The first kappa shape index (κ1) is 31.8. The van der Waals surface area contributed by atoms with Crippen molar-refractivity contribution in [1.29, 1.82) is 0 Å². The summed E-state index contributed by atoms with van der Waals surface area (Å²) < 4.78 is 43.3. The van der Waals surface area contributed by atoms with Crippen LogP contribution >= 0.6 is 11.3 Å². The quantitative estimate of drug-likeness (QED) is 0.211. The molecule has 3 aromatic rings. The number of aromatic nitrogens is 1. The molecule has 0 aliphatic heterocycles. The molecule has 0 fully saturated rings. The van der Waals surface area contributed by atoms with Gasteiger partial charge >= 0.3 is 18.4 Å². The lowest BCUT2D eigenvalue weighted by Gasteiger charge is -2.28. The SMILES string of the molecule is O=C(O)CCNC(=O)c1ccc(CN(C(=O)Nc2nc3c(OC(F)(F)F)cccc3s2)C2=CC=C(C3=CCCCC3)CC2)cc1. The average Bonchev–Trinajstić information content (AvgIpc) is 3.43. The van der Waals surface area contributed by atoms with Crippen LogP contribution in [0, 0.1) is 0 Å². The van der Waals surface area contributed by atoms with E-state index in [0.29, 0.717) is 16.7 Å². The molecule has 0 saturated heterocycles. The van der Waals surface area contributed by atoms with E-state index in [2.05, 4.69) is 26.4 Å². The van der Waals surface area contributed by atoms with E-state index >= 15 is 0 Å². The maximum Gasteiger partial charge on any atom is 0.573 e. The highest BCUT2D eigenvalue weighted by atomic mass is 32.1. The molecule has 2 aliphatic carbocycles. The van der Waals surface area contributed by atoms with Crippen molar-refractivity contribution < 1.29 is 37.4 Å². The third-order valence-corrected chi connectivity index (χ3v) is 8.36. The number of amides is 3. The number of ether oxygens (including phenoxy) is 1. The number of carbonyl (C=O) groups is 3. The van der Waals surface area contributed by atoms with Crippen molar-refractivity contribution in [3.8, 4) is 5.75 Å². The Labute approximate surface area is 261 Å². The van der Waals surface area contributed by atoms with Crippen molar-refractivity contribution in [3.05, 3.63) is 88.7 Å². The standard InChI is InChI=1S/C32H31F3N4O5S/c33-32(34,35)44-25-7-4-8-26-28(25)37-30(45-26)38-31(43)39(24-15-13-22(14-16-24)21-5-2-1-3-6-21)19-20-9-11-23(12-10-20)29(42)36-18-17-27(40)41/h4-5,7-13,15H,1-3,6,14,16-19H2,(H,36,42)(H,40,41)(H,37,38,43). The predicted octanol–water partition coefficient (Wildman–Crippen LogP) is 7.54. The van der Waals surface area contributed by atoms with Crippen molar-refractivity contribution in [2.45, 2.75) is 57.9 Å². The van der Waals surface area contributed by atoms with E-state index in [1.807, 2.05) is 12.2 Å². The highest BCUT2D eigenvalue weighted by molar-refractivity contribution is 7.22. The van der Waals surface area contributed by atoms with E-state index in [1.54, 1.807) is 35.2 Å². The zero-order valence-corrected chi connectivity index (χ0v) is 25.0. The summed E-state index contributed by atoms with van der Waals surface area (Å²) in [4.78, 5) is 42.6. The Morgan fingerprint density at radius 2 is 1.80 bits per heavy atom. The first-order valence-corrected chi connectivity index (χ1v) is 15.3. The largest absolute Gasteiger partial charge is 0.573 e. The normalized spacial score (nSPS) is 15.0. The molecular formula is C32H31F3N4O5S. The second-order valence-corrected chi connectivity index (χ2v) is 11.6. The molecule has 0 unspecified atom stereocenters. The van der Waals surface area contributed by atoms with E-state index in [4.69, 9.17) is 5.11 Å². The highest BCUT2D eigenvalue weighted by Gasteiger charge is 2.32. The molecule has 5 rings (SSSR count). The summed E-state index contributed by atoms with van der Waals surface area (Å²) in [5.41, 5.74) is 4.41. The topological polar surface area (TPSA) is 121 Å². The van der Waals surface area contributed by atoms with Crippen LogP contribution in [0.2, 0.25) is 0 Å². The molecule has 9 nitrogen and oxygen atoms in total. The Bertz CT molecular complexity index is 1680. The maximum atomic E-state index is 13.7. The smallest absolute Gasteiger partial charge is 0.481 e. The molecule has 236 valence electrons. The summed E-state index contributed by atoms with van der Waals surface area (Å²) in [5, 5.41) is 14.2. The van der Waals surface area contributed by atoms with E-state index in [1.165, 1.54) is 29.7 Å². The molecule has 2 aliphatic rings. The van der Waals surface area contributed by atoms with E-state index in [9.17, 15) is 27.6 Å². The minimum absolute atomic E-state index is 0.0000207. The molecule has 0 atom stereocenters. The lowest BCUT2D eigenvalue weighted by atomic mass is 9.88. The van der Waals surface area contributed by atoms with Gasteiger partial charge in [0.2, 0.25) is 0 Å². The number of benzene rings is 2. The van der Waals surface area contributed by atoms with Gasteiger partial charge in [-0.2, -0.15) is 0 Å². The molecule has 1 heterocycles. The summed E-state index contributed by atoms with van der Waals surface area (Å²) in [7, 11) is 0. The van der Waals surface area contributed by atoms with Gasteiger partial charge in [-0.3, -0.25) is 19.8 Å². The van der Waals surface area contributed by atoms with Crippen molar-refractivity contribution in [3.63, 3.8) is 0 Å². The van der Waals surface area contributed by atoms with E-state index in [0.717, 1.165) is 48.3 Å². The zero-order chi connectivity index (χ0) is 32.0. The molecule has 0 radical (unpaired) electrons. The Morgan fingerprint density at radius 1 is 1.00 bits per heavy atom. The van der Waals surface area contributed by atoms with Crippen LogP contribution < -0.4 is 15.4 Å². The number of halogens is 3. The number of rotatable bonds is 10. The Hall–Kier alpha value is -4.65. The van der Waals surface area contributed by atoms with Gasteiger partial charge in [0.1, 0.15) is 5.52 Å². The van der Waals surface area contributed by atoms with E-state index < -0.39 is 30.0 Å². The molecule has 0 bridgehead atoms. The van der Waals surface area contributed by atoms with Crippen LogP contribution in [-0.4, -0.2) is 45.8 Å². The first-order valence-electron chi connectivity index (χ1n) is 14.5. The fourth-order valence-corrected chi connectivity index (χ4v) is 6.10. The number of carboxylic acid groups (broad SMARTS) is 1. The number of hydrogen-bond acceptors (Lipinski definition) is 6. The lowest BCUT2D eigenvalue weighted by Crippen LogP contribution is -2.34. The number of nitrogens with one attached hydrogen (secondary N) is 2. The number of anilines is 1. The number of aliphatic carboxylic acids is 1. The highest BCUT2D eigenvalue weighted by Crippen LogP contribution is 2.36. The van der Waals surface area contributed by atoms with E-state index in [-0.39, 0.29) is 30.2 Å². The second-order valence-electron chi connectivity index (χ2n) is 10.6. The van der Waals surface area contributed by atoms with Crippen LogP contribution in [-0.2, 0) is 11.3 Å². The fourth-order valence-electron chi connectivity index (χ4n) is 5.22. The van der Waals surface area contributed by atoms with Gasteiger partial charge in [0.05, 0.1) is 17.7 Å². The second kappa shape index (κ2) is 14.0. The first-order chi connectivity index (χ1) is 21.6. The van der Waals surface area contributed by atoms with Crippen molar-refractivity contribution in [1.82, 2.24) is 15.2 Å². The van der Waals surface area contributed by atoms with Gasteiger partial charge in [0.25, 0.3) is 5.91 Å². The number of alkyl halides is 3. The van der Waals surface area contributed by atoms with Gasteiger partial charge < -0.3 is 15.2 Å². The molecule has 3 N–H and O–H groups in total. The molecule has 0 spiro atoms. The Balaban J connectivity index is 1.37. The summed E-state index contributed by atoms with van der Waals surface area (Å²) in [5.74, 6) is -1.88. The van der Waals surface area contributed by atoms with Crippen LogP contribution in [0.3, 0.4) is 0 Å².